The van der Waals surface area contributed by atoms with Gasteiger partial charge in [0.1, 0.15) is 11.6 Å². The molecule has 0 fully saturated rings. The minimum atomic E-state index is -0.296. The van der Waals surface area contributed by atoms with Crippen LogP contribution in [-0.2, 0) is 6.61 Å². The topological polar surface area (TPSA) is 22.1 Å². The molecular weight excluding hydrogens is 225 g/mol. The van der Waals surface area contributed by atoms with Crippen molar-refractivity contribution in [2.75, 3.05) is 0 Å². The first-order valence-corrected chi connectivity index (χ1v) is 5.83. The predicted octanol–water partition coefficient (Wildman–Crippen LogP) is 3.48. The Kier molecular flexibility index (Phi) is 3.19. The second-order valence-electron chi connectivity index (χ2n) is 3.56. The predicted molar refractivity (Wildman–Crippen MR) is 62.3 cm³/mol. The molecule has 1 heterocycles. The summed E-state index contributed by atoms with van der Waals surface area (Å²) in [5.41, 5.74) is 1.56. The largest absolute Gasteiger partial charge is 0.483 e. The van der Waals surface area contributed by atoms with E-state index in [2.05, 4.69) is 4.98 Å². The number of hydrogen-bond donors (Lipinski definition) is 0. The Morgan fingerprint density at radius 3 is 2.88 bits per heavy atom. The van der Waals surface area contributed by atoms with Gasteiger partial charge in [0.05, 0.1) is 0 Å². The highest BCUT2D eigenvalue weighted by Crippen LogP contribution is 2.21. The molecule has 0 radical (unpaired) electrons. The van der Waals surface area contributed by atoms with Gasteiger partial charge < -0.3 is 4.74 Å². The standard InChI is InChI=1S/C12H12FNOS/c1-8-4-3-5-10(12(8)13)15-6-11-14-9(2)7-16-11/h3-5,7H,6H2,1-2H3. The molecular formula is C12H12FNOS. The molecule has 4 heteroatoms. The molecule has 16 heavy (non-hydrogen) atoms. The maximum atomic E-state index is 13.6. The third-order valence-corrected chi connectivity index (χ3v) is 3.11. The van der Waals surface area contributed by atoms with Crippen LogP contribution in [0.5, 0.6) is 5.75 Å². The molecule has 1 aromatic heterocycles. The van der Waals surface area contributed by atoms with E-state index in [-0.39, 0.29) is 11.6 Å². The molecule has 0 bridgehead atoms. The van der Waals surface area contributed by atoms with Crippen LogP contribution < -0.4 is 4.74 Å². The summed E-state index contributed by atoms with van der Waals surface area (Å²) in [7, 11) is 0. The van der Waals surface area contributed by atoms with Gasteiger partial charge in [-0.2, -0.15) is 0 Å². The lowest BCUT2D eigenvalue weighted by atomic mass is 10.2. The van der Waals surface area contributed by atoms with Crippen molar-refractivity contribution in [3.05, 3.63) is 45.7 Å². The van der Waals surface area contributed by atoms with Gasteiger partial charge in [-0.1, -0.05) is 12.1 Å². The molecule has 0 unspecified atom stereocenters. The van der Waals surface area contributed by atoms with Crippen LogP contribution in [0.25, 0.3) is 0 Å². The van der Waals surface area contributed by atoms with E-state index in [0.29, 0.717) is 12.2 Å². The van der Waals surface area contributed by atoms with E-state index in [1.54, 1.807) is 25.1 Å². The lowest BCUT2D eigenvalue weighted by Crippen LogP contribution is -1.98. The molecule has 0 aliphatic heterocycles. The van der Waals surface area contributed by atoms with Crippen LogP contribution in [0.3, 0.4) is 0 Å². The molecule has 0 N–H and O–H groups in total. The fourth-order valence-corrected chi connectivity index (χ4v) is 2.02. The molecule has 0 amide bonds. The van der Waals surface area contributed by atoms with Crippen LogP contribution in [0.1, 0.15) is 16.3 Å². The van der Waals surface area contributed by atoms with Crippen molar-refractivity contribution in [2.24, 2.45) is 0 Å². The Balaban J connectivity index is 2.07. The second-order valence-corrected chi connectivity index (χ2v) is 4.50. The van der Waals surface area contributed by atoms with Crippen LogP contribution in [-0.4, -0.2) is 4.98 Å². The molecule has 2 rings (SSSR count). The molecule has 0 aliphatic rings. The Hall–Kier alpha value is -1.42. The van der Waals surface area contributed by atoms with Crippen LogP contribution in [0.2, 0.25) is 0 Å². The number of hydrogen-bond acceptors (Lipinski definition) is 3. The van der Waals surface area contributed by atoms with E-state index in [1.807, 2.05) is 12.3 Å². The molecule has 0 aliphatic carbocycles. The molecule has 2 nitrogen and oxygen atoms in total. The van der Waals surface area contributed by atoms with Crippen molar-refractivity contribution in [3.8, 4) is 5.75 Å². The zero-order chi connectivity index (χ0) is 11.5. The van der Waals surface area contributed by atoms with E-state index in [1.165, 1.54) is 11.3 Å². The lowest BCUT2D eigenvalue weighted by molar-refractivity contribution is 0.289. The minimum Gasteiger partial charge on any atom is -0.483 e. The number of halogens is 1. The Morgan fingerprint density at radius 1 is 1.38 bits per heavy atom. The van der Waals surface area contributed by atoms with Crippen molar-refractivity contribution in [3.63, 3.8) is 0 Å². The normalized spacial score (nSPS) is 10.4. The van der Waals surface area contributed by atoms with Gasteiger partial charge in [0.25, 0.3) is 0 Å². The van der Waals surface area contributed by atoms with E-state index in [4.69, 9.17) is 4.74 Å². The summed E-state index contributed by atoms with van der Waals surface area (Å²) in [6.07, 6.45) is 0. The van der Waals surface area contributed by atoms with Gasteiger partial charge in [-0.15, -0.1) is 11.3 Å². The first kappa shape index (κ1) is 11.1. The van der Waals surface area contributed by atoms with Gasteiger partial charge in [0, 0.05) is 11.1 Å². The molecule has 0 spiro atoms. The van der Waals surface area contributed by atoms with Gasteiger partial charge in [-0.3, -0.25) is 0 Å². The summed E-state index contributed by atoms with van der Waals surface area (Å²) in [4.78, 5) is 4.25. The number of thiazole rings is 1. The fourth-order valence-electron chi connectivity index (χ4n) is 1.34. The van der Waals surface area contributed by atoms with E-state index in [9.17, 15) is 4.39 Å². The highest BCUT2D eigenvalue weighted by atomic mass is 32.1. The number of nitrogens with zero attached hydrogens (tertiary/aromatic N) is 1. The third-order valence-electron chi connectivity index (χ3n) is 2.17. The summed E-state index contributed by atoms with van der Waals surface area (Å²) in [6.45, 7) is 3.96. The summed E-state index contributed by atoms with van der Waals surface area (Å²) in [5.74, 6) is -0.0105. The Morgan fingerprint density at radius 2 is 2.19 bits per heavy atom. The van der Waals surface area contributed by atoms with Crippen molar-refractivity contribution < 1.29 is 9.13 Å². The SMILES string of the molecule is Cc1csc(COc2cccc(C)c2F)n1. The molecule has 2 aromatic rings. The summed E-state index contributed by atoms with van der Waals surface area (Å²) in [5, 5.41) is 2.81. The van der Waals surface area contributed by atoms with Crippen LogP contribution in [0.4, 0.5) is 4.39 Å². The quantitative estimate of drug-likeness (QED) is 0.815. The molecule has 0 atom stereocenters. The zero-order valence-electron chi connectivity index (χ0n) is 9.16. The van der Waals surface area contributed by atoms with Crippen molar-refractivity contribution in [2.45, 2.75) is 20.5 Å². The van der Waals surface area contributed by atoms with Crippen LogP contribution >= 0.6 is 11.3 Å². The summed E-state index contributed by atoms with van der Waals surface area (Å²) >= 11 is 1.52. The molecule has 0 saturated heterocycles. The molecule has 84 valence electrons. The van der Waals surface area contributed by atoms with Crippen LogP contribution in [0, 0.1) is 19.7 Å². The molecule has 0 saturated carbocycles. The van der Waals surface area contributed by atoms with Crippen molar-refractivity contribution in [1.82, 2.24) is 4.98 Å². The Labute approximate surface area is 97.7 Å². The first-order chi connectivity index (χ1) is 7.66. The number of rotatable bonds is 3. The number of ether oxygens (including phenoxy) is 1. The van der Waals surface area contributed by atoms with Gasteiger partial charge >= 0.3 is 0 Å². The second kappa shape index (κ2) is 4.61. The number of aryl methyl sites for hydroxylation is 2. The maximum Gasteiger partial charge on any atom is 0.167 e. The number of aromatic nitrogens is 1. The highest BCUT2D eigenvalue weighted by molar-refractivity contribution is 7.09. The number of benzene rings is 1. The van der Waals surface area contributed by atoms with Gasteiger partial charge in [-0.25, -0.2) is 9.37 Å². The monoisotopic (exact) mass is 237 g/mol. The van der Waals surface area contributed by atoms with E-state index in [0.717, 1.165) is 10.7 Å². The smallest absolute Gasteiger partial charge is 0.167 e. The maximum absolute atomic E-state index is 13.6. The Bertz CT molecular complexity index is 496. The average molecular weight is 237 g/mol. The lowest BCUT2D eigenvalue weighted by Gasteiger charge is -2.06. The summed E-state index contributed by atoms with van der Waals surface area (Å²) in [6, 6.07) is 5.12. The van der Waals surface area contributed by atoms with E-state index >= 15 is 0 Å². The van der Waals surface area contributed by atoms with Crippen molar-refractivity contribution in [1.29, 1.82) is 0 Å². The molecule has 1 aromatic carbocycles. The third kappa shape index (κ3) is 2.39. The minimum absolute atomic E-state index is 0.285. The first-order valence-electron chi connectivity index (χ1n) is 4.96. The van der Waals surface area contributed by atoms with Crippen molar-refractivity contribution >= 4 is 11.3 Å². The van der Waals surface area contributed by atoms with E-state index < -0.39 is 0 Å². The zero-order valence-corrected chi connectivity index (χ0v) is 9.97. The van der Waals surface area contributed by atoms with Gasteiger partial charge in [0.15, 0.2) is 11.6 Å². The van der Waals surface area contributed by atoms with Gasteiger partial charge in [-0.05, 0) is 25.5 Å². The fraction of sp³-hybridized carbons (Fsp3) is 0.250. The van der Waals surface area contributed by atoms with Crippen LogP contribution in [0.15, 0.2) is 23.6 Å². The highest BCUT2D eigenvalue weighted by Gasteiger charge is 2.06. The summed E-state index contributed by atoms with van der Waals surface area (Å²) < 4.78 is 19.0. The van der Waals surface area contributed by atoms with Gasteiger partial charge in [0.2, 0.25) is 0 Å². The average Bonchev–Trinajstić information content (AvgIpc) is 2.67.